The molecule has 5 nitrogen and oxygen atoms in total. The molecule has 0 saturated carbocycles. The summed E-state index contributed by atoms with van der Waals surface area (Å²) in [6, 6.07) is -0.545. The molecule has 1 heterocycles. The first-order chi connectivity index (χ1) is 7.16. The highest BCUT2D eigenvalue weighted by molar-refractivity contribution is 5.81. The largest absolute Gasteiger partial charge is 0.464 e. The molecule has 5 heteroatoms. The Hall–Kier alpha value is -1.26. The molecular formula is C10H17NO4. The molecule has 1 rings (SSSR count). The fraction of sp³-hybridized carbons (Fsp3) is 0.800. The number of unbranched alkanes of at least 4 members (excludes halogenated alkanes) is 1. The molecule has 1 amide bonds. The van der Waals surface area contributed by atoms with Crippen molar-refractivity contribution in [1.82, 2.24) is 4.90 Å². The molecule has 0 aliphatic carbocycles. The van der Waals surface area contributed by atoms with E-state index in [2.05, 4.69) is 0 Å². The molecule has 0 bridgehead atoms. The summed E-state index contributed by atoms with van der Waals surface area (Å²) < 4.78 is 9.76. The van der Waals surface area contributed by atoms with Crippen molar-refractivity contribution < 1.29 is 19.1 Å². The van der Waals surface area contributed by atoms with Gasteiger partial charge in [-0.25, -0.2) is 9.59 Å². The van der Waals surface area contributed by atoms with Crippen molar-refractivity contribution in [1.29, 1.82) is 0 Å². The molecule has 1 aliphatic heterocycles. The Morgan fingerprint density at radius 2 is 2.40 bits per heavy atom. The van der Waals surface area contributed by atoms with Gasteiger partial charge in [0.05, 0.1) is 13.2 Å². The summed E-state index contributed by atoms with van der Waals surface area (Å²) in [5.41, 5.74) is 0. The van der Waals surface area contributed by atoms with Gasteiger partial charge in [0.15, 0.2) is 0 Å². The Labute approximate surface area is 89.3 Å². The van der Waals surface area contributed by atoms with Gasteiger partial charge in [0.25, 0.3) is 0 Å². The maximum atomic E-state index is 11.5. The van der Waals surface area contributed by atoms with Crippen molar-refractivity contribution in [2.75, 3.05) is 19.8 Å². The maximum Gasteiger partial charge on any atom is 0.410 e. The van der Waals surface area contributed by atoms with Crippen LogP contribution in [0.5, 0.6) is 0 Å². The molecule has 0 aromatic carbocycles. The number of ether oxygens (including phenoxy) is 2. The molecule has 1 fully saturated rings. The van der Waals surface area contributed by atoms with E-state index in [-0.39, 0.29) is 5.97 Å². The number of hydrogen-bond acceptors (Lipinski definition) is 4. The number of cyclic esters (lactones) is 1. The lowest BCUT2D eigenvalue weighted by atomic mass is 10.3. The standard InChI is InChI=1S/C10H17NO4/c1-3-4-6-14-9(12)8(2)11-5-7-15-10(11)13/h8H,3-7H2,1-2H3. The minimum atomic E-state index is -0.545. The summed E-state index contributed by atoms with van der Waals surface area (Å²) in [7, 11) is 0. The van der Waals surface area contributed by atoms with Gasteiger partial charge >= 0.3 is 12.1 Å². The molecule has 15 heavy (non-hydrogen) atoms. The lowest BCUT2D eigenvalue weighted by Crippen LogP contribution is -2.40. The number of nitrogens with zero attached hydrogens (tertiary/aromatic N) is 1. The molecular weight excluding hydrogens is 198 g/mol. The summed E-state index contributed by atoms with van der Waals surface area (Å²) >= 11 is 0. The van der Waals surface area contributed by atoms with Gasteiger partial charge in [-0.2, -0.15) is 0 Å². The minimum Gasteiger partial charge on any atom is -0.464 e. The SMILES string of the molecule is CCCCOC(=O)C(C)N1CCOC1=O. The Morgan fingerprint density at radius 3 is 2.93 bits per heavy atom. The first kappa shape index (κ1) is 11.8. The number of carbonyl (C=O) groups is 2. The Morgan fingerprint density at radius 1 is 1.67 bits per heavy atom. The van der Waals surface area contributed by atoms with E-state index in [0.29, 0.717) is 19.8 Å². The summed E-state index contributed by atoms with van der Waals surface area (Å²) in [5, 5.41) is 0. The third-order valence-electron chi connectivity index (χ3n) is 2.34. The highest BCUT2D eigenvalue weighted by Crippen LogP contribution is 2.09. The molecule has 0 N–H and O–H groups in total. The molecule has 0 spiro atoms. The van der Waals surface area contributed by atoms with Gasteiger partial charge in [-0.3, -0.25) is 4.90 Å². The van der Waals surface area contributed by atoms with Gasteiger partial charge in [0, 0.05) is 0 Å². The summed E-state index contributed by atoms with van der Waals surface area (Å²) in [4.78, 5) is 24.0. The predicted molar refractivity (Wildman–Crippen MR) is 53.4 cm³/mol. The number of carbonyl (C=O) groups excluding carboxylic acids is 2. The number of rotatable bonds is 5. The fourth-order valence-corrected chi connectivity index (χ4v) is 1.32. The van der Waals surface area contributed by atoms with Gasteiger partial charge in [-0.05, 0) is 13.3 Å². The molecule has 0 radical (unpaired) electrons. The van der Waals surface area contributed by atoms with E-state index in [9.17, 15) is 9.59 Å². The highest BCUT2D eigenvalue weighted by Gasteiger charge is 2.31. The van der Waals surface area contributed by atoms with Crippen molar-refractivity contribution in [2.24, 2.45) is 0 Å². The third-order valence-corrected chi connectivity index (χ3v) is 2.34. The molecule has 0 aromatic rings. The van der Waals surface area contributed by atoms with Crippen LogP contribution in [0.15, 0.2) is 0 Å². The van der Waals surface area contributed by atoms with Crippen LogP contribution < -0.4 is 0 Å². The van der Waals surface area contributed by atoms with Gasteiger partial charge in [0.1, 0.15) is 12.6 Å². The van der Waals surface area contributed by atoms with E-state index in [1.807, 2.05) is 6.92 Å². The zero-order chi connectivity index (χ0) is 11.3. The lowest BCUT2D eigenvalue weighted by molar-refractivity contribution is -0.148. The predicted octanol–water partition coefficient (Wildman–Crippen LogP) is 1.17. The van der Waals surface area contributed by atoms with E-state index in [1.54, 1.807) is 6.92 Å². The summed E-state index contributed by atoms with van der Waals surface area (Å²) in [6.45, 7) is 4.91. The topological polar surface area (TPSA) is 55.8 Å². The second-order valence-corrected chi connectivity index (χ2v) is 3.50. The first-order valence-electron chi connectivity index (χ1n) is 5.27. The summed E-state index contributed by atoms with van der Waals surface area (Å²) in [6.07, 6.45) is 1.39. The Bertz CT molecular complexity index is 242. The minimum absolute atomic E-state index is 0.353. The molecule has 1 unspecified atom stereocenters. The van der Waals surface area contributed by atoms with Gasteiger partial charge in [-0.1, -0.05) is 13.3 Å². The van der Waals surface area contributed by atoms with Gasteiger partial charge < -0.3 is 9.47 Å². The Balaban J connectivity index is 2.35. The van der Waals surface area contributed by atoms with Crippen molar-refractivity contribution in [3.63, 3.8) is 0 Å². The average molecular weight is 215 g/mol. The molecule has 86 valence electrons. The van der Waals surface area contributed by atoms with Crippen molar-refractivity contribution in [3.8, 4) is 0 Å². The van der Waals surface area contributed by atoms with Gasteiger partial charge in [0.2, 0.25) is 0 Å². The van der Waals surface area contributed by atoms with E-state index in [1.165, 1.54) is 4.90 Å². The van der Waals surface area contributed by atoms with Crippen LogP contribution in [0.25, 0.3) is 0 Å². The quantitative estimate of drug-likeness (QED) is 0.510. The van der Waals surface area contributed by atoms with Crippen LogP contribution in [0.1, 0.15) is 26.7 Å². The van der Waals surface area contributed by atoms with Crippen LogP contribution in [0.4, 0.5) is 4.79 Å². The average Bonchev–Trinajstić information content (AvgIpc) is 2.63. The van der Waals surface area contributed by atoms with Crippen LogP contribution in [0, 0.1) is 0 Å². The third kappa shape index (κ3) is 3.11. The van der Waals surface area contributed by atoms with Crippen LogP contribution in [0.2, 0.25) is 0 Å². The monoisotopic (exact) mass is 215 g/mol. The van der Waals surface area contributed by atoms with Crippen LogP contribution in [-0.2, 0) is 14.3 Å². The first-order valence-corrected chi connectivity index (χ1v) is 5.27. The normalized spacial score (nSPS) is 17.5. The van der Waals surface area contributed by atoms with E-state index in [0.717, 1.165) is 12.8 Å². The molecule has 1 aliphatic rings. The molecule has 1 atom stereocenters. The van der Waals surface area contributed by atoms with E-state index < -0.39 is 12.1 Å². The number of amides is 1. The van der Waals surface area contributed by atoms with Crippen molar-refractivity contribution >= 4 is 12.1 Å². The zero-order valence-corrected chi connectivity index (χ0v) is 9.19. The second-order valence-electron chi connectivity index (χ2n) is 3.50. The summed E-state index contributed by atoms with van der Waals surface area (Å²) in [5.74, 6) is -0.359. The molecule has 1 saturated heterocycles. The highest BCUT2D eigenvalue weighted by atomic mass is 16.6. The van der Waals surface area contributed by atoms with Gasteiger partial charge in [-0.15, -0.1) is 0 Å². The zero-order valence-electron chi connectivity index (χ0n) is 9.19. The van der Waals surface area contributed by atoms with Crippen LogP contribution in [-0.4, -0.2) is 42.8 Å². The smallest absolute Gasteiger partial charge is 0.410 e. The van der Waals surface area contributed by atoms with Crippen molar-refractivity contribution in [2.45, 2.75) is 32.7 Å². The lowest BCUT2D eigenvalue weighted by Gasteiger charge is -2.19. The number of esters is 1. The van der Waals surface area contributed by atoms with E-state index >= 15 is 0 Å². The fourth-order valence-electron chi connectivity index (χ4n) is 1.32. The Kier molecular flexibility index (Phi) is 4.39. The van der Waals surface area contributed by atoms with Crippen LogP contribution in [0.3, 0.4) is 0 Å². The maximum absolute atomic E-state index is 11.5. The second kappa shape index (κ2) is 5.58. The molecule has 0 aromatic heterocycles. The number of hydrogen-bond donors (Lipinski definition) is 0. The van der Waals surface area contributed by atoms with E-state index in [4.69, 9.17) is 9.47 Å². The van der Waals surface area contributed by atoms with Crippen LogP contribution >= 0.6 is 0 Å². The van der Waals surface area contributed by atoms with Crippen molar-refractivity contribution in [3.05, 3.63) is 0 Å².